The predicted octanol–water partition coefficient (Wildman–Crippen LogP) is 1.05. The van der Waals surface area contributed by atoms with Gasteiger partial charge in [0.15, 0.2) is 0 Å². The molecule has 0 amide bonds. The number of likely N-dealkylation sites (N-methyl/N-ethyl adjacent to an activating group) is 1. The van der Waals surface area contributed by atoms with Crippen molar-refractivity contribution in [3.05, 3.63) is 0 Å². The van der Waals surface area contributed by atoms with Gasteiger partial charge in [0.05, 0.1) is 6.61 Å². The Balaban J connectivity index is 1.79. The predicted molar refractivity (Wildman–Crippen MR) is 70.1 cm³/mol. The Morgan fingerprint density at radius 3 is 3.00 bits per heavy atom. The highest BCUT2D eigenvalue weighted by molar-refractivity contribution is 7.99. The van der Waals surface area contributed by atoms with Gasteiger partial charge in [0.1, 0.15) is 0 Å². The molecule has 2 rings (SSSR count). The Morgan fingerprint density at radius 1 is 1.44 bits per heavy atom. The van der Waals surface area contributed by atoms with Crippen LogP contribution < -0.4 is 5.32 Å². The molecule has 4 heteroatoms. The summed E-state index contributed by atoms with van der Waals surface area (Å²) in [4.78, 5) is 2.54. The molecular formula is C12H24N2OS. The summed E-state index contributed by atoms with van der Waals surface area (Å²) in [6.45, 7) is 5.45. The van der Waals surface area contributed by atoms with Gasteiger partial charge in [-0.25, -0.2) is 0 Å². The summed E-state index contributed by atoms with van der Waals surface area (Å²) in [6, 6.07) is 0.705. The summed E-state index contributed by atoms with van der Waals surface area (Å²) in [5.41, 5.74) is 0. The van der Waals surface area contributed by atoms with Crippen LogP contribution in [0.5, 0.6) is 0 Å². The average Bonchev–Trinajstić information content (AvgIpc) is 2.78. The van der Waals surface area contributed by atoms with Crippen LogP contribution in [0, 0.1) is 5.92 Å². The van der Waals surface area contributed by atoms with Gasteiger partial charge in [-0.15, -0.1) is 0 Å². The molecule has 1 N–H and O–H groups in total. The highest BCUT2D eigenvalue weighted by atomic mass is 32.2. The molecule has 2 heterocycles. The van der Waals surface area contributed by atoms with Gasteiger partial charge < -0.3 is 15.0 Å². The standard InChI is InChI=1S/C12H24N2OS/c1-14(8-10-4-3-5-15-9-10)11-6-13-7-12(11)16-2/h10-13H,3-9H2,1-2H3. The number of nitrogens with one attached hydrogen (secondary N) is 1. The van der Waals surface area contributed by atoms with E-state index in [0.717, 1.165) is 37.5 Å². The van der Waals surface area contributed by atoms with Crippen LogP contribution in [0.2, 0.25) is 0 Å². The van der Waals surface area contributed by atoms with Gasteiger partial charge in [0.2, 0.25) is 0 Å². The summed E-state index contributed by atoms with van der Waals surface area (Å²) < 4.78 is 5.55. The van der Waals surface area contributed by atoms with Crippen molar-refractivity contribution in [2.24, 2.45) is 5.92 Å². The highest BCUT2D eigenvalue weighted by Gasteiger charge is 2.30. The van der Waals surface area contributed by atoms with Crippen LogP contribution in [-0.4, -0.2) is 62.3 Å². The molecule has 94 valence electrons. The van der Waals surface area contributed by atoms with E-state index in [9.17, 15) is 0 Å². The lowest BCUT2D eigenvalue weighted by Gasteiger charge is -2.32. The molecule has 2 fully saturated rings. The zero-order chi connectivity index (χ0) is 11.4. The first-order valence-corrected chi connectivity index (χ1v) is 7.61. The van der Waals surface area contributed by atoms with Crippen LogP contribution in [0.25, 0.3) is 0 Å². The smallest absolute Gasteiger partial charge is 0.0506 e. The SMILES string of the molecule is CSC1CNCC1N(C)CC1CCCOC1. The quantitative estimate of drug-likeness (QED) is 0.799. The first-order valence-electron chi connectivity index (χ1n) is 6.32. The molecule has 0 aromatic carbocycles. The Hall–Kier alpha value is 0.230. The van der Waals surface area contributed by atoms with Gasteiger partial charge in [-0.2, -0.15) is 11.8 Å². The van der Waals surface area contributed by atoms with Crippen molar-refractivity contribution in [2.45, 2.75) is 24.1 Å². The lowest BCUT2D eigenvalue weighted by Crippen LogP contribution is -2.43. The monoisotopic (exact) mass is 244 g/mol. The number of hydrogen-bond acceptors (Lipinski definition) is 4. The van der Waals surface area contributed by atoms with Crippen molar-refractivity contribution >= 4 is 11.8 Å². The van der Waals surface area contributed by atoms with Crippen LogP contribution in [0.1, 0.15) is 12.8 Å². The number of rotatable bonds is 4. The van der Waals surface area contributed by atoms with Crippen molar-refractivity contribution in [2.75, 3.05) is 46.2 Å². The lowest BCUT2D eigenvalue weighted by molar-refractivity contribution is 0.0376. The summed E-state index contributed by atoms with van der Waals surface area (Å²) in [6.07, 6.45) is 4.81. The van der Waals surface area contributed by atoms with E-state index >= 15 is 0 Å². The maximum Gasteiger partial charge on any atom is 0.0506 e. The molecule has 2 saturated heterocycles. The van der Waals surface area contributed by atoms with Gasteiger partial charge in [-0.3, -0.25) is 0 Å². The fourth-order valence-corrected chi connectivity index (χ4v) is 3.72. The average molecular weight is 244 g/mol. The zero-order valence-corrected chi connectivity index (χ0v) is 11.3. The largest absolute Gasteiger partial charge is 0.381 e. The summed E-state index contributed by atoms with van der Waals surface area (Å²) in [5.74, 6) is 0.752. The third-order valence-electron chi connectivity index (χ3n) is 3.80. The fourth-order valence-electron chi connectivity index (χ4n) is 2.82. The van der Waals surface area contributed by atoms with E-state index in [0.29, 0.717) is 6.04 Å². The van der Waals surface area contributed by atoms with E-state index in [-0.39, 0.29) is 0 Å². The third-order valence-corrected chi connectivity index (χ3v) is 4.88. The second kappa shape index (κ2) is 6.24. The first kappa shape index (κ1) is 12.7. The van der Waals surface area contributed by atoms with Gasteiger partial charge in [-0.05, 0) is 32.1 Å². The minimum atomic E-state index is 0.705. The molecule has 0 aromatic rings. The molecule has 3 unspecified atom stereocenters. The van der Waals surface area contributed by atoms with Gasteiger partial charge in [-0.1, -0.05) is 0 Å². The zero-order valence-electron chi connectivity index (χ0n) is 10.4. The van der Waals surface area contributed by atoms with Crippen LogP contribution in [0.15, 0.2) is 0 Å². The second-order valence-corrected chi connectivity index (χ2v) is 6.10. The Morgan fingerprint density at radius 2 is 2.31 bits per heavy atom. The molecule has 16 heavy (non-hydrogen) atoms. The molecule has 3 atom stereocenters. The fraction of sp³-hybridized carbons (Fsp3) is 1.00. The van der Waals surface area contributed by atoms with Crippen LogP contribution in [-0.2, 0) is 4.74 Å². The van der Waals surface area contributed by atoms with Crippen molar-refractivity contribution in [3.63, 3.8) is 0 Å². The number of ether oxygens (including phenoxy) is 1. The molecule has 0 spiro atoms. The Labute approximate surface area is 103 Å². The van der Waals surface area contributed by atoms with Crippen LogP contribution >= 0.6 is 11.8 Å². The minimum Gasteiger partial charge on any atom is -0.381 e. The van der Waals surface area contributed by atoms with E-state index < -0.39 is 0 Å². The summed E-state index contributed by atoms with van der Waals surface area (Å²) in [5, 5.41) is 4.26. The van der Waals surface area contributed by atoms with Gasteiger partial charge in [0, 0.05) is 37.5 Å². The molecule has 0 saturated carbocycles. The molecule has 0 aliphatic carbocycles. The van der Waals surface area contributed by atoms with Crippen LogP contribution in [0.4, 0.5) is 0 Å². The topological polar surface area (TPSA) is 24.5 Å². The molecule has 0 bridgehead atoms. The molecule has 2 aliphatic heterocycles. The van der Waals surface area contributed by atoms with Crippen molar-refractivity contribution < 1.29 is 4.74 Å². The number of hydrogen-bond donors (Lipinski definition) is 1. The number of thioether (sulfide) groups is 1. The Kier molecular flexibility index (Phi) is 4.95. The van der Waals surface area contributed by atoms with Crippen molar-refractivity contribution in [1.29, 1.82) is 0 Å². The summed E-state index contributed by atoms with van der Waals surface area (Å²) >= 11 is 2.00. The first-order chi connectivity index (χ1) is 7.81. The van der Waals surface area contributed by atoms with E-state index in [4.69, 9.17) is 4.74 Å². The highest BCUT2D eigenvalue weighted by Crippen LogP contribution is 2.22. The summed E-state index contributed by atoms with van der Waals surface area (Å²) in [7, 11) is 2.27. The molecule has 2 aliphatic rings. The maximum absolute atomic E-state index is 5.55. The van der Waals surface area contributed by atoms with E-state index in [1.807, 2.05) is 11.8 Å². The maximum atomic E-state index is 5.55. The molecular weight excluding hydrogens is 220 g/mol. The van der Waals surface area contributed by atoms with Crippen LogP contribution in [0.3, 0.4) is 0 Å². The normalized spacial score (nSPS) is 35.8. The number of nitrogens with zero attached hydrogens (tertiary/aromatic N) is 1. The van der Waals surface area contributed by atoms with Crippen molar-refractivity contribution in [1.82, 2.24) is 10.2 Å². The molecule has 3 nitrogen and oxygen atoms in total. The molecule has 0 aromatic heterocycles. The van der Waals surface area contributed by atoms with E-state index in [1.165, 1.54) is 19.4 Å². The van der Waals surface area contributed by atoms with Gasteiger partial charge in [0.25, 0.3) is 0 Å². The second-order valence-electron chi connectivity index (χ2n) is 5.02. The van der Waals surface area contributed by atoms with Crippen molar-refractivity contribution in [3.8, 4) is 0 Å². The van der Waals surface area contributed by atoms with Gasteiger partial charge >= 0.3 is 0 Å². The van der Waals surface area contributed by atoms with E-state index in [1.54, 1.807) is 0 Å². The minimum absolute atomic E-state index is 0.705. The Bertz CT molecular complexity index is 209. The molecule has 0 radical (unpaired) electrons. The third kappa shape index (κ3) is 3.13. The lowest BCUT2D eigenvalue weighted by atomic mass is 10.0. The van der Waals surface area contributed by atoms with E-state index in [2.05, 4.69) is 23.5 Å².